The van der Waals surface area contributed by atoms with Crippen LogP contribution in [0.25, 0.3) is 0 Å². The largest absolute Gasteiger partial charge is 0.375 e. The second kappa shape index (κ2) is 5.51. The van der Waals surface area contributed by atoms with Crippen LogP contribution in [0.4, 0.5) is 0 Å². The Labute approximate surface area is 105 Å². The van der Waals surface area contributed by atoms with Crippen molar-refractivity contribution in [3.05, 3.63) is 0 Å². The van der Waals surface area contributed by atoms with Gasteiger partial charge in [-0.25, -0.2) is 0 Å². The zero-order chi connectivity index (χ0) is 12.3. The quantitative estimate of drug-likeness (QED) is 0.746. The fourth-order valence-corrected chi connectivity index (χ4v) is 3.31. The van der Waals surface area contributed by atoms with Gasteiger partial charge in [-0.15, -0.1) is 0 Å². The normalized spacial score (nSPS) is 27.8. The van der Waals surface area contributed by atoms with E-state index in [2.05, 4.69) is 13.8 Å². The number of ketones is 1. The van der Waals surface area contributed by atoms with Gasteiger partial charge in [-0.3, -0.25) is 4.79 Å². The Balaban J connectivity index is 1.86. The van der Waals surface area contributed by atoms with Crippen molar-refractivity contribution < 1.29 is 9.53 Å². The molecule has 1 aliphatic heterocycles. The topological polar surface area (TPSA) is 26.3 Å². The molecule has 2 aliphatic rings. The molecule has 1 saturated heterocycles. The number of Topliss-reactive ketones (excluding diaryl/α,β-unsaturated/α-hetero) is 1. The summed E-state index contributed by atoms with van der Waals surface area (Å²) in [6.07, 6.45) is 8.71. The third-order valence-electron chi connectivity index (χ3n) is 4.43. The third-order valence-corrected chi connectivity index (χ3v) is 4.43. The molecule has 0 bridgehead atoms. The first-order valence-electron chi connectivity index (χ1n) is 7.28. The Morgan fingerprint density at radius 1 is 1.35 bits per heavy atom. The van der Waals surface area contributed by atoms with E-state index in [4.69, 9.17) is 4.74 Å². The first-order chi connectivity index (χ1) is 8.11. The second-order valence-corrected chi connectivity index (χ2v) is 6.33. The number of hydrogen-bond acceptors (Lipinski definition) is 2. The van der Waals surface area contributed by atoms with Gasteiger partial charge in [0.05, 0.1) is 5.60 Å². The summed E-state index contributed by atoms with van der Waals surface area (Å²) >= 11 is 0. The molecule has 1 saturated carbocycles. The summed E-state index contributed by atoms with van der Waals surface area (Å²) in [5.41, 5.74) is 0.0937. The fourth-order valence-electron chi connectivity index (χ4n) is 3.31. The molecule has 0 amide bonds. The van der Waals surface area contributed by atoms with Crippen molar-refractivity contribution in [1.82, 2.24) is 0 Å². The molecule has 2 rings (SSSR count). The number of carbonyl (C=O) groups excluding carboxylic acids is 1. The maximum Gasteiger partial charge on any atom is 0.136 e. The Morgan fingerprint density at radius 3 is 2.71 bits per heavy atom. The van der Waals surface area contributed by atoms with E-state index in [1.54, 1.807) is 0 Å². The monoisotopic (exact) mass is 238 g/mol. The highest BCUT2D eigenvalue weighted by Crippen LogP contribution is 2.42. The molecule has 1 unspecified atom stereocenters. The highest BCUT2D eigenvalue weighted by atomic mass is 16.5. The lowest BCUT2D eigenvalue weighted by Crippen LogP contribution is -2.39. The van der Waals surface area contributed by atoms with Crippen molar-refractivity contribution in [3.63, 3.8) is 0 Å². The van der Waals surface area contributed by atoms with Crippen LogP contribution in [0.5, 0.6) is 0 Å². The van der Waals surface area contributed by atoms with E-state index in [-0.39, 0.29) is 5.60 Å². The Kier molecular flexibility index (Phi) is 4.24. The summed E-state index contributed by atoms with van der Waals surface area (Å²) in [5, 5.41) is 0. The van der Waals surface area contributed by atoms with Crippen LogP contribution in [0.3, 0.4) is 0 Å². The minimum Gasteiger partial charge on any atom is -0.375 e. The molecule has 98 valence electrons. The number of carbonyl (C=O) groups is 1. The van der Waals surface area contributed by atoms with Gasteiger partial charge in [0.25, 0.3) is 0 Å². The summed E-state index contributed by atoms with van der Waals surface area (Å²) in [6, 6.07) is 0. The van der Waals surface area contributed by atoms with Gasteiger partial charge in [-0.05, 0) is 38.0 Å². The fraction of sp³-hybridized carbons (Fsp3) is 0.933. The summed E-state index contributed by atoms with van der Waals surface area (Å²) in [5.74, 6) is 1.42. The number of rotatable bonds is 4. The second-order valence-electron chi connectivity index (χ2n) is 6.33. The lowest BCUT2D eigenvalue weighted by molar-refractivity contribution is -0.136. The molecule has 17 heavy (non-hydrogen) atoms. The van der Waals surface area contributed by atoms with E-state index >= 15 is 0 Å². The minimum absolute atomic E-state index is 0.0937. The molecule has 1 aliphatic carbocycles. The van der Waals surface area contributed by atoms with Gasteiger partial charge >= 0.3 is 0 Å². The first kappa shape index (κ1) is 13.1. The van der Waals surface area contributed by atoms with E-state index < -0.39 is 0 Å². The molecular formula is C15H26O2. The van der Waals surface area contributed by atoms with Crippen molar-refractivity contribution >= 4 is 5.78 Å². The van der Waals surface area contributed by atoms with Crippen LogP contribution in [0.15, 0.2) is 0 Å². The molecule has 0 radical (unpaired) electrons. The van der Waals surface area contributed by atoms with Gasteiger partial charge < -0.3 is 4.74 Å². The van der Waals surface area contributed by atoms with Gasteiger partial charge in [0, 0.05) is 18.9 Å². The predicted octanol–water partition coefficient (Wildman–Crippen LogP) is 3.73. The van der Waals surface area contributed by atoms with E-state index in [1.807, 2.05) is 0 Å². The molecule has 1 atom stereocenters. The molecule has 1 spiro atoms. The van der Waals surface area contributed by atoms with E-state index in [0.29, 0.717) is 17.6 Å². The summed E-state index contributed by atoms with van der Waals surface area (Å²) in [6.45, 7) is 5.18. The van der Waals surface area contributed by atoms with Gasteiger partial charge in [-0.2, -0.15) is 0 Å². The van der Waals surface area contributed by atoms with Crippen LogP contribution < -0.4 is 0 Å². The van der Waals surface area contributed by atoms with Crippen LogP contribution in [0.1, 0.15) is 65.2 Å². The van der Waals surface area contributed by atoms with Crippen LogP contribution >= 0.6 is 0 Å². The maximum absolute atomic E-state index is 12.2. The van der Waals surface area contributed by atoms with E-state index in [1.165, 1.54) is 25.7 Å². The zero-order valence-corrected chi connectivity index (χ0v) is 11.3. The Morgan fingerprint density at radius 2 is 2.06 bits per heavy atom. The number of ether oxygens (including phenoxy) is 1. The number of hydrogen-bond donors (Lipinski definition) is 0. The van der Waals surface area contributed by atoms with E-state index in [9.17, 15) is 4.79 Å². The molecule has 0 N–H and O–H groups in total. The molecule has 0 aromatic carbocycles. The Hall–Kier alpha value is -0.370. The van der Waals surface area contributed by atoms with Gasteiger partial charge in [0.2, 0.25) is 0 Å². The third kappa shape index (κ3) is 3.31. The smallest absolute Gasteiger partial charge is 0.136 e. The highest BCUT2D eigenvalue weighted by molar-refractivity contribution is 5.81. The van der Waals surface area contributed by atoms with Gasteiger partial charge in [0.15, 0.2) is 0 Å². The molecule has 2 fully saturated rings. The molecule has 1 heterocycles. The Bertz CT molecular complexity index is 264. The molecular weight excluding hydrogens is 212 g/mol. The molecule has 0 aromatic rings. The molecule has 2 nitrogen and oxygen atoms in total. The van der Waals surface area contributed by atoms with Crippen molar-refractivity contribution in [3.8, 4) is 0 Å². The lowest BCUT2D eigenvalue weighted by Gasteiger charge is -2.37. The maximum atomic E-state index is 12.2. The van der Waals surface area contributed by atoms with Crippen LogP contribution in [0, 0.1) is 11.8 Å². The van der Waals surface area contributed by atoms with Gasteiger partial charge in [0.1, 0.15) is 5.78 Å². The van der Waals surface area contributed by atoms with Crippen LogP contribution in [-0.2, 0) is 9.53 Å². The summed E-state index contributed by atoms with van der Waals surface area (Å²) < 4.78 is 5.98. The first-order valence-corrected chi connectivity index (χ1v) is 7.28. The van der Waals surface area contributed by atoms with Gasteiger partial charge in [-0.1, -0.05) is 26.7 Å². The predicted molar refractivity (Wildman–Crippen MR) is 69.0 cm³/mol. The standard InChI is InChI=1S/C15H26O2/c1-12(2)5-6-14(16)13-7-10-17-15(11-13)8-3-4-9-15/h12-13H,3-11H2,1-2H3. The van der Waals surface area contributed by atoms with Crippen molar-refractivity contribution in [2.24, 2.45) is 11.8 Å². The average molecular weight is 238 g/mol. The van der Waals surface area contributed by atoms with E-state index in [0.717, 1.165) is 32.3 Å². The minimum atomic E-state index is 0.0937. The summed E-state index contributed by atoms with van der Waals surface area (Å²) in [7, 11) is 0. The van der Waals surface area contributed by atoms with Crippen LogP contribution in [-0.4, -0.2) is 18.0 Å². The van der Waals surface area contributed by atoms with Crippen molar-refractivity contribution in [1.29, 1.82) is 0 Å². The lowest BCUT2D eigenvalue weighted by atomic mass is 9.81. The van der Waals surface area contributed by atoms with Crippen molar-refractivity contribution in [2.45, 2.75) is 70.8 Å². The molecule has 2 heteroatoms. The van der Waals surface area contributed by atoms with Crippen LogP contribution in [0.2, 0.25) is 0 Å². The van der Waals surface area contributed by atoms with Crippen molar-refractivity contribution in [2.75, 3.05) is 6.61 Å². The zero-order valence-electron chi connectivity index (χ0n) is 11.3. The highest BCUT2D eigenvalue weighted by Gasteiger charge is 2.41. The summed E-state index contributed by atoms with van der Waals surface area (Å²) in [4.78, 5) is 12.2. The average Bonchev–Trinajstić information content (AvgIpc) is 2.74. The SMILES string of the molecule is CC(C)CCC(=O)C1CCOC2(CCCC2)C1. The molecule has 0 aromatic heterocycles.